The molecule has 0 saturated carbocycles. The van der Waals surface area contributed by atoms with E-state index in [9.17, 15) is 19.8 Å². The van der Waals surface area contributed by atoms with Crippen molar-refractivity contribution in [3.8, 4) is 11.8 Å². The quantitative estimate of drug-likeness (QED) is 0.161. The zero-order valence-corrected chi connectivity index (χ0v) is 19.1. The van der Waals surface area contributed by atoms with E-state index in [1.807, 2.05) is 0 Å². The van der Waals surface area contributed by atoms with Crippen LogP contribution in [0.5, 0.6) is 11.8 Å². The van der Waals surface area contributed by atoms with Crippen molar-refractivity contribution in [2.45, 2.75) is 25.7 Å². The van der Waals surface area contributed by atoms with E-state index in [-0.39, 0.29) is 36.0 Å². The summed E-state index contributed by atoms with van der Waals surface area (Å²) in [5.74, 6) is -1.42. The molecule has 12 heteroatoms. The molecular formula is C22H18Cl2N6O4. The van der Waals surface area contributed by atoms with E-state index in [0.29, 0.717) is 44.7 Å². The molecule has 0 spiro atoms. The number of aromatic hydroxyl groups is 2. The first-order valence-corrected chi connectivity index (χ1v) is 11.0. The molecule has 4 rings (SSSR count). The first-order valence-electron chi connectivity index (χ1n) is 10.2. The van der Waals surface area contributed by atoms with Gasteiger partial charge in [0, 0.05) is 33.7 Å². The van der Waals surface area contributed by atoms with Crippen molar-refractivity contribution in [1.29, 1.82) is 0 Å². The molecule has 0 unspecified atom stereocenters. The number of aromatic amines is 2. The Balaban J connectivity index is 1.28. The predicted molar refractivity (Wildman–Crippen MR) is 127 cm³/mol. The lowest BCUT2D eigenvalue weighted by molar-refractivity contribution is -0.120. The Bertz CT molecular complexity index is 1350. The van der Waals surface area contributed by atoms with E-state index in [0.717, 1.165) is 0 Å². The highest BCUT2D eigenvalue weighted by Crippen LogP contribution is 2.37. The van der Waals surface area contributed by atoms with Crippen LogP contribution in [0.15, 0.2) is 56.9 Å². The number of amides is 2. The zero-order valence-electron chi connectivity index (χ0n) is 17.5. The molecule has 0 aliphatic carbocycles. The highest BCUT2D eigenvalue weighted by molar-refractivity contribution is 6.31. The number of hydrogen-bond acceptors (Lipinski definition) is 6. The number of hydrogen-bond donors (Lipinski definition) is 4. The fourth-order valence-electron chi connectivity index (χ4n) is 3.34. The first-order chi connectivity index (χ1) is 16.3. The van der Waals surface area contributed by atoms with Crippen molar-refractivity contribution >= 4 is 68.2 Å². The summed E-state index contributed by atoms with van der Waals surface area (Å²) in [5.41, 5.74) is 1.48. The number of fused-ring (bicyclic) bond motifs is 2. The molecule has 10 nitrogen and oxygen atoms in total. The summed E-state index contributed by atoms with van der Waals surface area (Å²) in [5, 5.41) is 36.9. The lowest BCUT2D eigenvalue weighted by Crippen LogP contribution is -1.95. The summed E-state index contributed by atoms with van der Waals surface area (Å²) in [7, 11) is 0. The molecule has 2 aromatic carbocycles. The molecule has 0 atom stereocenters. The molecule has 0 aliphatic rings. The normalized spacial score (nSPS) is 11.9. The summed E-state index contributed by atoms with van der Waals surface area (Å²) in [6, 6.07) is 9.90. The van der Waals surface area contributed by atoms with Crippen LogP contribution in [0.2, 0.25) is 10.0 Å². The first kappa shape index (κ1) is 23.4. The highest BCUT2D eigenvalue weighted by Gasteiger charge is 2.13. The van der Waals surface area contributed by atoms with E-state index >= 15 is 0 Å². The molecule has 4 aromatic rings. The van der Waals surface area contributed by atoms with Crippen molar-refractivity contribution in [2.24, 2.45) is 20.5 Å². The van der Waals surface area contributed by atoms with Crippen LogP contribution < -0.4 is 0 Å². The van der Waals surface area contributed by atoms with Gasteiger partial charge in [0.1, 0.15) is 0 Å². The molecule has 2 amide bonds. The van der Waals surface area contributed by atoms with Crippen LogP contribution in [-0.2, 0) is 9.59 Å². The highest BCUT2D eigenvalue weighted by atomic mass is 35.5. The number of nitrogens with zero attached hydrogens (tertiary/aromatic N) is 4. The van der Waals surface area contributed by atoms with Gasteiger partial charge in [-0.1, -0.05) is 23.2 Å². The SMILES string of the molecule is O=C(CCCCC(=O)N=Nc1c(O)[nH]c2ccc(Cl)cc12)N=Nc1c(O)[nH]c2ccc(Cl)cc12. The Kier molecular flexibility index (Phi) is 6.90. The van der Waals surface area contributed by atoms with Crippen LogP contribution in [0, 0.1) is 0 Å². The van der Waals surface area contributed by atoms with Gasteiger partial charge in [-0.15, -0.1) is 20.5 Å². The maximum atomic E-state index is 12.0. The van der Waals surface area contributed by atoms with Crippen molar-refractivity contribution in [1.82, 2.24) is 9.97 Å². The smallest absolute Gasteiger partial charge is 0.264 e. The van der Waals surface area contributed by atoms with Crippen molar-refractivity contribution in [3.05, 3.63) is 46.4 Å². The van der Waals surface area contributed by atoms with E-state index < -0.39 is 11.8 Å². The van der Waals surface area contributed by atoms with E-state index in [4.69, 9.17) is 23.2 Å². The zero-order chi connectivity index (χ0) is 24.2. The predicted octanol–water partition coefficient (Wildman–Crippen LogP) is 6.85. The second-order valence-electron chi connectivity index (χ2n) is 7.42. The maximum Gasteiger partial charge on any atom is 0.264 e. The van der Waals surface area contributed by atoms with Crippen molar-refractivity contribution in [3.63, 3.8) is 0 Å². The molecule has 0 bridgehead atoms. The number of aromatic nitrogens is 2. The number of nitrogens with one attached hydrogen (secondary N) is 2. The topological polar surface area (TPSA) is 156 Å². The number of carbonyl (C=O) groups is 2. The minimum absolute atomic E-state index is 0.0690. The van der Waals surface area contributed by atoms with Gasteiger partial charge < -0.3 is 20.2 Å². The summed E-state index contributed by atoms with van der Waals surface area (Å²) in [6.07, 6.45) is 0.913. The lowest BCUT2D eigenvalue weighted by Gasteiger charge is -1.96. The molecule has 2 heterocycles. The van der Waals surface area contributed by atoms with Crippen molar-refractivity contribution < 1.29 is 19.8 Å². The van der Waals surface area contributed by atoms with Gasteiger partial charge in [0.15, 0.2) is 11.4 Å². The minimum Gasteiger partial charge on any atom is -0.493 e. The Morgan fingerprint density at radius 2 is 1.15 bits per heavy atom. The maximum absolute atomic E-state index is 12.0. The standard InChI is InChI=1S/C22H18Cl2N6O4/c23-11-5-7-15-13(9-11)19(21(33)25-15)29-27-17(31)3-1-2-4-18(32)28-30-20-14-10-12(24)6-8-16(14)26-22(20)34/h5-10,25-26,33-34H,1-4H2. The van der Waals surface area contributed by atoms with Crippen LogP contribution in [0.3, 0.4) is 0 Å². The fraction of sp³-hybridized carbons (Fsp3) is 0.182. The van der Waals surface area contributed by atoms with Crippen LogP contribution in [0.4, 0.5) is 11.4 Å². The van der Waals surface area contributed by atoms with Gasteiger partial charge in [-0.25, -0.2) is 0 Å². The van der Waals surface area contributed by atoms with Crippen LogP contribution in [-0.4, -0.2) is 32.0 Å². The molecule has 4 N–H and O–H groups in total. The van der Waals surface area contributed by atoms with E-state index in [2.05, 4.69) is 30.4 Å². The van der Waals surface area contributed by atoms with Crippen LogP contribution in [0.1, 0.15) is 25.7 Å². The van der Waals surface area contributed by atoms with Gasteiger partial charge in [0.2, 0.25) is 11.8 Å². The largest absolute Gasteiger partial charge is 0.493 e. The monoisotopic (exact) mass is 500 g/mol. The number of azo groups is 2. The summed E-state index contributed by atoms with van der Waals surface area (Å²) in [4.78, 5) is 29.5. The second-order valence-corrected chi connectivity index (χ2v) is 8.29. The van der Waals surface area contributed by atoms with Crippen LogP contribution >= 0.6 is 23.2 Å². The van der Waals surface area contributed by atoms with Gasteiger partial charge in [-0.3, -0.25) is 9.59 Å². The van der Waals surface area contributed by atoms with Gasteiger partial charge in [0.05, 0.1) is 11.0 Å². The summed E-state index contributed by atoms with van der Waals surface area (Å²) < 4.78 is 0. The number of unbranched alkanes of at least 4 members (excludes halogenated alkanes) is 1. The molecular weight excluding hydrogens is 483 g/mol. The molecule has 0 saturated heterocycles. The third-order valence-electron chi connectivity index (χ3n) is 4.98. The molecule has 34 heavy (non-hydrogen) atoms. The molecule has 174 valence electrons. The van der Waals surface area contributed by atoms with Gasteiger partial charge in [-0.05, 0) is 49.2 Å². The number of halogens is 2. The average molecular weight is 501 g/mol. The number of rotatable bonds is 7. The Hall–Kier alpha value is -3.76. The van der Waals surface area contributed by atoms with Gasteiger partial charge >= 0.3 is 0 Å². The Morgan fingerprint density at radius 1 is 0.735 bits per heavy atom. The molecule has 0 aliphatic heterocycles. The van der Waals surface area contributed by atoms with Crippen LogP contribution in [0.25, 0.3) is 21.8 Å². The fourth-order valence-corrected chi connectivity index (χ4v) is 3.68. The Morgan fingerprint density at radius 3 is 1.56 bits per heavy atom. The summed E-state index contributed by atoms with van der Waals surface area (Å²) >= 11 is 11.9. The molecule has 2 aromatic heterocycles. The average Bonchev–Trinajstić information content (AvgIpc) is 3.28. The van der Waals surface area contributed by atoms with E-state index in [1.165, 1.54) is 0 Å². The van der Waals surface area contributed by atoms with Crippen molar-refractivity contribution in [2.75, 3.05) is 0 Å². The Labute approximate surface area is 202 Å². The minimum atomic E-state index is -0.495. The summed E-state index contributed by atoms with van der Waals surface area (Å²) in [6.45, 7) is 0. The number of benzene rings is 2. The lowest BCUT2D eigenvalue weighted by atomic mass is 10.2. The third kappa shape index (κ3) is 5.24. The number of carbonyl (C=O) groups excluding carboxylic acids is 2. The molecule has 0 fully saturated rings. The molecule has 0 radical (unpaired) electrons. The number of H-pyrrole nitrogens is 2. The third-order valence-corrected chi connectivity index (χ3v) is 5.45. The van der Waals surface area contributed by atoms with Gasteiger partial charge in [0.25, 0.3) is 11.8 Å². The second kappa shape index (κ2) is 10.0. The van der Waals surface area contributed by atoms with E-state index in [1.54, 1.807) is 36.4 Å². The van der Waals surface area contributed by atoms with Gasteiger partial charge in [-0.2, -0.15) is 0 Å².